The van der Waals surface area contributed by atoms with Crippen molar-refractivity contribution in [1.82, 2.24) is 0 Å². The molecule has 0 spiro atoms. The van der Waals surface area contributed by atoms with Crippen LogP contribution >= 0.6 is 0 Å². The van der Waals surface area contributed by atoms with Gasteiger partial charge in [0.15, 0.2) is 0 Å². The number of carbonyl (C=O) groups is 2. The molecule has 0 bridgehead atoms. The van der Waals surface area contributed by atoms with Crippen molar-refractivity contribution < 1.29 is 9.59 Å². The Kier molecular flexibility index (Phi) is 4.72. The number of benzene rings is 2. The van der Waals surface area contributed by atoms with E-state index >= 15 is 0 Å². The summed E-state index contributed by atoms with van der Waals surface area (Å²) in [6, 6.07) is 14.4. The fourth-order valence-electron chi connectivity index (χ4n) is 2.10. The summed E-state index contributed by atoms with van der Waals surface area (Å²) in [5.41, 5.74) is 3.25. The number of urea groups is 1. The van der Waals surface area contributed by atoms with Crippen LogP contribution in [0, 0.1) is 0 Å². The number of carbonyl (C=O) groups excluding carboxylic acids is 2. The van der Waals surface area contributed by atoms with Gasteiger partial charge in [-0.25, -0.2) is 4.79 Å². The number of anilines is 2. The van der Waals surface area contributed by atoms with Gasteiger partial charge in [-0.05, 0) is 42.3 Å². The van der Waals surface area contributed by atoms with Crippen molar-refractivity contribution in [3.8, 4) is 0 Å². The van der Waals surface area contributed by atoms with Crippen LogP contribution in [0.1, 0.15) is 22.8 Å². The number of aldehydes is 1. The quantitative estimate of drug-likeness (QED) is 0.869. The van der Waals surface area contributed by atoms with Crippen LogP contribution in [0.4, 0.5) is 16.2 Å². The van der Waals surface area contributed by atoms with Crippen LogP contribution in [0.2, 0.25) is 0 Å². The zero-order valence-electron chi connectivity index (χ0n) is 12.2. The van der Waals surface area contributed by atoms with Crippen LogP contribution in [0.5, 0.6) is 0 Å². The summed E-state index contributed by atoms with van der Waals surface area (Å²) in [6.45, 7) is 2.06. The van der Waals surface area contributed by atoms with Crippen molar-refractivity contribution in [3.05, 3.63) is 59.7 Å². The Morgan fingerprint density at radius 1 is 1.14 bits per heavy atom. The maximum Gasteiger partial charge on any atom is 0.326 e. The molecule has 0 unspecified atom stereocenters. The van der Waals surface area contributed by atoms with Crippen molar-refractivity contribution in [1.29, 1.82) is 0 Å². The van der Waals surface area contributed by atoms with E-state index in [0.29, 0.717) is 11.3 Å². The molecule has 2 amide bonds. The minimum atomic E-state index is -0.213. The lowest BCUT2D eigenvalue weighted by Crippen LogP contribution is -2.31. The standard InChI is InChI=1S/C17H18N2O2/c1-3-14-6-4-5-7-16(14)19(2)17(21)18-15-10-8-13(12-20)9-11-15/h4-12H,3H2,1-2H3,(H,18,21). The molecule has 108 valence electrons. The number of rotatable bonds is 4. The lowest BCUT2D eigenvalue weighted by molar-refractivity contribution is 0.112. The van der Waals surface area contributed by atoms with E-state index in [-0.39, 0.29) is 6.03 Å². The molecule has 4 nitrogen and oxygen atoms in total. The molecule has 0 radical (unpaired) electrons. The molecule has 1 N–H and O–H groups in total. The number of para-hydroxylation sites is 1. The van der Waals surface area contributed by atoms with Gasteiger partial charge in [0.25, 0.3) is 0 Å². The number of aryl methyl sites for hydroxylation is 1. The van der Waals surface area contributed by atoms with Gasteiger partial charge in [-0.3, -0.25) is 9.69 Å². The minimum absolute atomic E-state index is 0.213. The van der Waals surface area contributed by atoms with Gasteiger partial charge < -0.3 is 5.32 Å². The van der Waals surface area contributed by atoms with Crippen LogP contribution in [-0.4, -0.2) is 19.4 Å². The van der Waals surface area contributed by atoms with Gasteiger partial charge >= 0.3 is 6.03 Å². The summed E-state index contributed by atoms with van der Waals surface area (Å²) >= 11 is 0. The summed E-state index contributed by atoms with van der Waals surface area (Å²) in [7, 11) is 1.74. The molecule has 0 aromatic heterocycles. The first kappa shape index (κ1) is 14.8. The predicted molar refractivity (Wildman–Crippen MR) is 85.1 cm³/mol. The summed E-state index contributed by atoms with van der Waals surface area (Å²) in [5.74, 6) is 0. The summed E-state index contributed by atoms with van der Waals surface area (Å²) in [4.78, 5) is 24.5. The lowest BCUT2D eigenvalue weighted by Gasteiger charge is -2.20. The Bertz CT molecular complexity index is 635. The van der Waals surface area contributed by atoms with Crippen LogP contribution in [0.25, 0.3) is 0 Å². The third-order valence-electron chi connectivity index (χ3n) is 3.34. The second-order valence-corrected chi connectivity index (χ2v) is 4.71. The molecule has 0 saturated heterocycles. The van der Waals surface area contributed by atoms with E-state index in [1.165, 1.54) is 0 Å². The highest BCUT2D eigenvalue weighted by atomic mass is 16.2. The Labute approximate surface area is 124 Å². The van der Waals surface area contributed by atoms with Gasteiger partial charge in [0.05, 0.1) is 0 Å². The number of hydrogen-bond donors (Lipinski definition) is 1. The number of nitrogens with zero attached hydrogens (tertiary/aromatic N) is 1. The first-order chi connectivity index (χ1) is 10.2. The van der Waals surface area contributed by atoms with E-state index in [1.807, 2.05) is 24.3 Å². The minimum Gasteiger partial charge on any atom is -0.308 e. The van der Waals surface area contributed by atoms with E-state index in [1.54, 1.807) is 36.2 Å². The molecule has 0 aliphatic rings. The maximum atomic E-state index is 12.3. The lowest BCUT2D eigenvalue weighted by atomic mass is 10.1. The zero-order chi connectivity index (χ0) is 15.2. The largest absolute Gasteiger partial charge is 0.326 e. The van der Waals surface area contributed by atoms with Crippen molar-refractivity contribution in [3.63, 3.8) is 0 Å². The monoisotopic (exact) mass is 282 g/mol. The van der Waals surface area contributed by atoms with E-state index < -0.39 is 0 Å². The Morgan fingerprint density at radius 2 is 1.81 bits per heavy atom. The number of hydrogen-bond acceptors (Lipinski definition) is 2. The number of amides is 2. The van der Waals surface area contributed by atoms with E-state index in [2.05, 4.69) is 12.2 Å². The Morgan fingerprint density at radius 3 is 2.43 bits per heavy atom. The van der Waals surface area contributed by atoms with Gasteiger partial charge in [0.2, 0.25) is 0 Å². The van der Waals surface area contributed by atoms with Gasteiger partial charge in [-0.15, -0.1) is 0 Å². The van der Waals surface area contributed by atoms with Crippen molar-refractivity contribution in [2.45, 2.75) is 13.3 Å². The van der Waals surface area contributed by atoms with Gasteiger partial charge in [-0.1, -0.05) is 25.1 Å². The van der Waals surface area contributed by atoms with E-state index in [0.717, 1.165) is 24.0 Å². The SMILES string of the molecule is CCc1ccccc1N(C)C(=O)Nc1ccc(C=O)cc1. The van der Waals surface area contributed by atoms with Gasteiger partial charge in [0, 0.05) is 24.0 Å². The average Bonchev–Trinajstić information content (AvgIpc) is 2.54. The van der Waals surface area contributed by atoms with Crippen LogP contribution in [-0.2, 0) is 6.42 Å². The molecule has 0 aliphatic heterocycles. The molecule has 0 atom stereocenters. The maximum absolute atomic E-state index is 12.3. The predicted octanol–water partition coefficient (Wildman–Crippen LogP) is 3.73. The normalized spacial score (nSPS) is 10.0. The first-order valence-electron chi connectivity index (χ1n) is 6.83. The molecule has 4 heteroatoms. The molecule has 2 aromatic carbocycles. The molecular formula is C17H18N2O2. The summed E-state index contributed by atoms with van der Waals surface area (Å²) in [5, 5.41) is 2.81. The Balaban J connectivity index is 2.13. The number of nitrogens with one attached hydrogen (secondary N) is 1. The molecular weight excluding hydrogens is 264 g/mol. The first-order valence-corrected chi connectivity index (χ1v) is 6.83. The summed E-state index contributed by atoms with van der Waals surface area (Å²) < 4.78 is 0. The van der Waals surface area contributed by atoms with Crippen LogP contribution < -0.4 is 10.2 Å². The van der Waals surface area contributed by atoms with Gasteiger partial charge in [0.1, 0.15) is 6.29 Å². The molecule has 2 rings (SSSR count). The van der Waals surface area contributed by atoms with Crippen molar-refractivity contribution in [2.75, 3.05) is 17.3 Å². The van der Waals surface area contributed by atoms with Crippen molar-refractivity contribution in [2.24, 2.45) is 0 Å². The highest BCUT2D eigenvalue weighted by molar-refractivity contribution is 6.01. The highest BCUT2D eigenvalue weighted by Crippen LogP contribution is 2.20. The average molecular weight is 282 g/mol. The third-order valence-corrected chi connectivity index (χ3v) is 3.34. The van der Waals surface area contributed by atoms with E-state index in [9.17, 15) is 9.59 Å². The zero-order valence-corrected chi connectivity index (χ0v) is 12.2. The van der Waals surface area contributed by atoms with E-state index in [4.69, 9.17) is 0 Å². The smallest absolute Gasteiger partial charge is 0.308 e. The van der Waals surface area contributed by atoms with Gasteiger partial charge in [-0.2, -0.15) is 0 Å². The molecule has 0 saturated carbocycles. The topological polar surface area (TPSA) is 49.4 Å². The molecule has 2 aromatic rings. The fourth-order valence-corrected chi connectivity index (χ4v) is 2.10. The molecule has 0 fully saturated rings. The van der Waals surface area contributed by atoms with Crippen LogP contribution in [0.3, 0.4) is 0 Å². The van der Waals surface area contributed by atoms with Crippen LogP contribution in [0.15, 0.2) is 48.5 Å². The second-order valence-electron chi connectivity index (χ2n) is 4.71. The fraction of sp³-hybridized carbons (Fsp3) is 0.176. The molecule has 0 aliphatic carbocycles. The third kappa shape index (κ3) is 3.48. The van der Waals surface area contributed by atoms with Crippen molar-refractivity contribution >= 4 is 23.7 Å². The second kappa shape index (κ2) is 6.70. The molecule has 0 heterocycles. The highest BCUT2D eigenvalue weighted by Gasteiger charge is 2.13. The summed E-state index contributed by atoms with van der Waals surface area (Å²) in [6.07, 6.45) is 1.64. The molecule has 21 heavy (non-hydrogen) atoms. The Hall–Kier alpha value is -2.62.